The van der Waals surface area contributed by atoms with Crippen molar-refractivity contribution in [3.63, 3.8) is 0 Å². The molecule has 4 heterocycles. The molecule has 4 heteroatoms. The fraction of sp³-hybridized carbons (Fsp3) is 0.500. The number of hydrogen-bond acceptors (Lipinski definition) is 3. The monoisotopic (exact) mass is 355 g/mol. The summed E-state index contributed by atoms with van der Waals surface area (Å²) in [5, 5.41) is 1.09. The Kier molecular flexibility index (Phi) is 2.55. The average Bonchev–Trinajstić information content (AvgIpc) is 3.06. The topological polar surface area (TPSA) is 34.5 Å². The lowest BCUT2D eigenvalue weighted by atomic mass is 9.66. The number of hydrogen-bond donors (Lipinski definition) is 0. The van der Waals surface area contributed by atoms with Crippen molar-refractivity contribution >= 4 is 22.6 Å². The van der Waals surface area contributed by atoms with E-state index in [1.165, 1.54) is 5.56 Å². The third-order valence-corrected chi connectivity index (χ3v) is 6.60. The molecule has 4 nitrogen and oxygen atoms in total. The van der Waals surface area contributed by atoms with Gasteiger partial charge in [0.25, 0.3) is 0 Å². The largest absolute Gasteiger partial charge is 0.461 e. The van der Waals surface area contributed by atoms with Crippen LogP contribution in [0.1, 0.15) is 57.2 Å². The van der Waals surface area contributed by atoms with E-state index in [2.05, 4.69) is 17.9 Å². The number of rotatable bonds is 3. The van der Waals surface area contributed by atoms with Gasteiger partial charge in [-0.3, -0.25) is 4.90 Å². The number of nitrogens with zero attached hydrogens (tertiary/aromatic N) is 2. The Balaban J connectivity index is 1.73. The van der Waals surface area contributed by atoms with Gasteiger partial charge < -0.3 is 9.30 Å². The quantitative estimate of drug-likeness (QED) is 0.776. The van der Waals surface area contributed by atoms with E-state index in [9.17, 15) is 4.79 Å². The van der Waals surface area contributed by atoms with Crippen LogP contribution in [0.3, 0.4) is 0 Å². The fourth-order valence-electron chi connectivity index (χ4n) is 5.53. The van der Waals surface area contributed by atoms with Crippen LogP contribution >= 0.6 is 0 Å². The highest BCUT2D eigenvalue weighted by Gasteiger charge is 2.51. The van der Waals surface area contributed by atoms with E-state index in [0.29, 0.717) is 0 Å². The van der Waals surface area contributed by atoms with Gasteiger partial charge in [0.15, 0.2) is 0 Å². The van der Waals surface area contributed by atoms with Gasteiger partial charge in [-0.1, -0.05) is 25.1 Å². The number of piperidine rings is 1. The summed E-state index contributed by atoms with van der Waals surface area (Å²) in [6.07, 6.45) is 5.61. The highest BCUT2D eigenvalue weighted by molar-refractivity contribution is 6.13. The van der Waals surface area contributed by atoms with E-state index in [1.807, 2.05) is 28.8 Å². The van der Waals surface area contributed by atoms with E-state index in [-0.39, 0.29) is 17.2 Å². The SMILES string of the molecule is [2H]C([2H])([2H])C([2H])([2H])OC(=O)C1=C[C@]2(CC)CCCN3CCc4c(n1c1ccccc41)[C@@H]32. The maximum absolute atomic E-state index is 13.3. The number of carbonyl (C=O) groups is 1. The molecule has 0 unspecified atom stereocenters. The molecule has 1 saturated heterocycles. The third kappa shape index (κ3) is 1.96. The maximum Gasteiger partial charge on any atom is 0.354 e. The highest BCUT2D eigenvalue weighted by atomic mass is 16.5. The minimum Gasteiger partial charge on any atom is -0.461 e. The molecule has 2 atom stereocenters. The van der Waals surface area contributed by atoms with Crippen LogP contribution in [0.4, 0.5) is 0 Å². The first-order valence-electron chi connectivity index (χ1n) is 11.9. The van der Waals surface area contributed by atoms with E-state index in [4.69, 9.17) is 11.6 Å². The summed E-state index contributed by atoms with van der Waals surface area (Å²) < 4.78 is 44.8. The minimum absolute atomic E-state index is 0.151. The summed E-state index contributed by atoms with van der Waals surface area (Å²) in [6.45, 7) is -2.02. The lowest BCUT2D eigenvalue weighted by Gasteiger charge is -2.53. The smallest absolute Gasteiger partial charge is 0.354 e. The third-order valence-electron chi connectivity index (χ3n) is 6.60. The molecule has 0 radical (unpaired) electrons. The van der Waals surface area contributed by atoms with Gasteiger partial charge in [-0.05, 0) is 56.8 Å². The molecule has 0 aliphatic carbocycles. The molecule has 0 N–H and O–H groups in total. The Morgan fingerprint density at radius 2 is 2.31 bits per heavy atom. The number of esters is 1. The van der Waals surface area contributed by atoms with Crippen LogP contribution in [0.5, 0.6) is 0 Å². The van der Waals surface area contributed by atoms with Gasteiger partial charge in [-0.15, -0.1) is 0 Å². The second-order valence-electron chi connectivity index (χ2n) is 7.62. The van der Waals surface area contributed by atoms with Crippen LogP contribution in [0.25, 0.3) is 16.6 Å². The Hall–Kier alpha value is -2.07. The Bertz CT molecular complexity index is 1100. The van der Waals surface area contributed by atoms with Gasteiger partial charge in [0.05, 0.1) is 20.9 Å². The number of ether oxygens (including phenoxy) is 1. The summed E-state index contributed by atoms with van der Waals surface area (Å²) in [5.41, 5.74) is 3.15. The predicted octanol–water partition coefficient (Wildman–Crippen LogP) is 4.15. The summed E-state index contributed by atoms with van der Waals surface area (Å²) in [6, 6.07) is 8.08. The van der Waals surface area contributed by atoms with E-state index in [0.717, 1.165) is 55.4 Å². The van der Waals surface area contributed by atoms with Crippen molar-refractivity contribution in [2.24, 2.45) is 5.41 Å². The average molecular weight is 355 g/mol. The van der Waals surface area contributed by atoms with Crippen molar-refractivity contribution in [1.82, 2.24) is 9.47 Å². The normalized spacial score (nSPS) is 31.0. The standard InChI is InChI=1S/C22H26N2O2/c1-3-22-11-7-12-23-13-10-16-15-8-5-6-9-17(15)24(19(16)20(22)23)18(14-22)21(25)26-4-2/h5-6,8-9,14,20H,3-4,7,10-13H2,1-2H3/t20-,22+/m1/s1/i2D3,4D2. The number of aromatic nitrogens is 1. The Morgan fingerprint density at radius 3 is 3.15 bits per heavy atom. The molecule has 2 aromatic rings. The number of benzene rings is 1. The van der Waals surface area contributed by atoms with Crippen LogP contribution in [-0.2, 0) is 16.0 Å². The van der Waals surface area contributed by atoms with Crippen LogP contribution in [0.2, 0.25) is 0 Å². The lowest BCUT2D eigenvalue weighted by molar-refractivity contribution is -0.136. The molecule has 1 aromatic carbocycles. The molecule has 5 rings (SSSR count). The maximum atomic E-state index is 13.3. The Labute approximate surface area is 161 Å². The van der Waals surface area contributed by atoms with E-state index >= 15 is 0 Å². The fourth-order valence-corrected chi connectivity index (χ4v) is 5.53. The molecule has 3 aliphatic rings. The van der Waals surface area contributed by atoms with E-state index < -0.39 is 19.4 Å². The van der Waals surface area contributed by atoms with Crippen molar-refractivity contribution < 1.29 is 16.4 Å². The first-order chi connectivity index (χ1) is 14.6. The van der Waals surface area contributed by atoms with Crippen molar-refractivity contribution in [2.75, 3.05) is 19.6 Å². The molecule has 136 valence electrons. The summed E-state index contributed by atoms with van der Waals surface area (Å²) in [5.74, 6) is -0.932. The minimum atomic E-state index is -3.07. The predicted molar refractivity (Wildman–Crippen MR) is 103 cm³/mol. The second kappa shape index (κ2) is 5.71. The van der Waals surface area contributed by atoms with Crippen LogP contribution in [0.15, 0.2) is 30.3 Å². The van der Waals surface area contributed by atoms with Crippen LogP contribution < -0.4 is 0 Å². The van der Waals surface area contributed by atoms with Crippen molar-refractivity contribution in [2.45, 2.75) is 45.5 Å². The van der Waals surface area contributed by atoms with Gasteiger partial charge in [0, 0.05) is 27.2 Å². The highest BCUT2D eigenvalue weighted by Crippen LogP contribution is 2.57. The zero-order valence-corrected chi connectivity index (χ0v) is 14.9. The number of para-hydroxylation sites is 1. The molecular formula is C22H26N2O2. The summed E-state index contributed by atoms with van der Waals surface area (Å²) >= 11 is 0. The van der Waals surface area contributed by atoms with Gasteiger partial charge in [-0.2, -0.15) is 0 Å². The van der Waals surface area contributed by atoms with Gasteiger partial charge in [0.1, 0.15) is 5.70 Å². The molecule has 0 bridgehead atoms. The van der Waals surface area contributed by atoms with Crippen LogP contribution in [0, 0.1) is 5.41 Å². The van der Waals surface area contributed by atoms with Crippen LogP contribution in [-0.4, -0.2) is 35.1 Å². The molecule has 0 spiro atoms. The summed E-state index contributed by atoms with van der Waals surface area (Å²) in [7, 11) is 0. The van der Waals surface area contributed by atoms with Gasteiger partial charge >= 0.3 is 5.97 Å². The molecule has 3 aliphatic heterocycles. The zero-order chi connectivity index (χ0) is 22.2. The molecule has 1 fully saturated rings. The second-order valence-corrected chi connectivity index (χ2v) is 7.62. The number of fused-ring (bicyclic) bond motifs is 3. The van der Waals surface area contributed by atoms with Gasteiger partial charge in [-0.25, -0.2) is 4.79 Å². The molecule has 26 heavy (non-hydrogen) atoms. The Morgan fingerprint density at radius 1 is 1.42 bits per heavy atom. The first kappa shape index (κ1) is 11.6. The van der Waals surface area contributed by atoms with Crippen molar-refractivity contribution in [1.29, 1.82) is 0 Å². The lowest BCUT2D eigenvalue weighted by Crippen LogP contribution is -2.51. The number of carbonyl (C=O) groups excluding carboxylic acids is 1. The molecular weight excluding hydrogens is 324 g/mol. The zero-order valence-electron chi connectivity index (χ0n) is 19.9. The van der Waals surface area contributed by atoms with Gasteiger partial charge in [0.2, 0.25) is 0 Å². The molecule has 1 aromatic heterocycles. The molecule has 0 saturated carbocycles. The molecule has 0 amide bonds. The van der Waals surface area contributed by atoms with Crippen molar-refractivity contribution in [3.8, 4) is 0 Å². The first-order valence-corrected chi connectivity index (χ1v) is 9.42. The summed E-state index contributed by atoms with van der Waals surface area (Å²) in [4.78, 5) is 15.8. The van der Waals surface area contributed by atoms with E-state index in [1.54, 1.807) is 0 Å². The van der Waals surface area contributed by atoms with Crippen molar-refractivity contribution in [3.05, 3.63) is 41.6 Å².